The smallest absolute Gasteiger partial charge is 0.267 e. The average Bonchev–Trinajstić information content (AvgIpc) is 3.12. The fraction of sp³-hybridized carbons (Fsp3) is 0.891. The first-order valence-electron chi connectivity index (χ1n) is 23.0. The molecule has 0 aliphatic heterocycles. The van der Waals surface area contributed by atoms with Crippen molar-refractivity contribution < 1.29 is 22.9 Å². The quantitative estimate of drug-likeness (QED) is 0.0326. The molecular formula is C46H89NO5S. The molecule has 0 saturated carbocycles. The molecule has 0 rings (SSSR count). The summed E-state index contributed by atoms with van der Waals surface area (Å²) in [5.74, 6) is -0.989. The maximum absolute atomic E-state index is 12.5. The molecule has 2 unspecified atom stereocenters. The first-order valence-corrected chi connectivity index (χ1v) is 24.6. The van der Waals surface area contributed by atoms with Gasteiger partial charge in [-0.2, -0.15) is 8.42 Å². The second-order valence-corrected chi connectivity index (χ2v) is 17.5. The van der Waals surface area contributed by atoms with Crippen molar-refractivity contribution in [3.63, 3.8) is 0 Å². The van der Waals surface area contributed by atoms with Crippen LogP contribution in [0.4, 0.5) is 0 Å². The molecule has 0 spiro atoms. The Labute approximate surface area is 330 Å². The van der Waals surface area contributed by atoms with Crippen molar-refractivity contribution in [3.8, 4) is 0 Å². The molecule has 6 nitrogen and oxygen atoms in total. The summed E-state index contributed by atoms with van der Waals surface area (Å²) >= 11 is 0. The number of nitrogens with one attached hydrogen (secondary N) is 1. The Morgan fingerprint density at radius 1 is 0.491 bits per heavy atom. The lowest BCUT2D eigenvalue weighted by molar-refractivity contribution is -0.122. The van der Waals surface area contributed by atoms with Gasteiger partial charge in [0.25, 0.3) is 10.1 Å². The van der Waals surface area contributed by atoms with Crippen LogP contribution in [0.25, 0.3) is 0 Å². The van der Waals surface area contributed by atoms with E-state index in [2.05, 4.69) is 31.3 Å². The number of amides is 1. The van der Waals surface area contributed by atoms with Crippen LogP contribution in [-0.4, -0.2) is 41.9 Å². The van der Waals surface area contributed by atoms with E-state index in [4.69, 9.17) is 0 Å². The van der Waals surface area contributed by atoms with Crippen LogP contribution < -0.4 is 5.32 Å². The van der Waals surface area contributed by atoms with E-state index in [-0.39, 0.29) is 5.91 Å². The van der Waals surface area contributed by atoms with Gasteiger partial charge in [0.2, 0.25) is 5.91 Å². The van der Waals surface area contributed by atoms with E-state index in [1.54, 1.807) is 0 Å². The molecule has 2 atom stereocenters. The van der Waals surface area contributed by atoms with Gasteiger partial charge >= 0.3 is 0 Å². The van der Waals surface area contributed by atoms with Crippen LogP contribution in [-0.2, 0) is 14.9 Å². The Balaban J connectivity index is 3.87. The third kappa shape index (κ3) is 41.8. The van der Waals surface area contributed by atoms with Gasteiger partial charge in [-0.3, -0.25) is 9.35 Å². The van der Waals surface area contributed by atoms with Crippen LogP contribution >= 0.6 is 0 Å². The lowest BCUT2D eigenvalue weighted by Gasteiger charge is -2.21. The summed E-state index contributed by atoms with van der Waals surface area (Å²) in [6, 6.07) is -1.07. The van der Waals surface area contributed by atoms with Crippen molar-refractivity contribution >= 4 is 16.0 Å². The highest BCUT2D eigenvalue weighted by Crippen LogP contribution is 2.16. The van der Waals surface area contributed by atoms with Crippen molar-refractivity contribution in [2.24, 2.45) is 0 Å². The predicted molar refractivity (Wildman–Crippen MR) is 230 cm³/mol. The summed E-state index contributed by atoms with van der Waals surface area (Å²) in [6.07, 6.45) is 51.8. The first-order chi connectivity index (χ1) is 25.8. The van der Waals surface area contributed by atoms with Crippen molar-refractivity contribution in [1.29, 1.82) is 0 Å². The third-order valence-corrected chi connectivity index (χ3v) is 11.4. The maximum atomic E-state index is 12.5. The minimum atomic E-state index is -4.35. The average molecular weight is 768 g/mol. The molecule has 0 aromatic carbocycles. The Kier molecular flexibility index (Phi) is 39.6. The highest BCUT2D eigenvalue weighted by molar-refractivity contribution is 7.85. The van der Waals surface area contributed by atoms with E-state index in [0.717, 1.165) is 38.5 Å². The van der Waals surface area contributed by atoms with Crippen LogP contribution in [0, 0.1) is 0 Å². The topological polar surface area (TPSA) is 104 Å². The van der Waals surface area contributed by atoms with E-state index in [1.165, 1.54) is 192 Å². The standard InChI is InChI=1S/C46H89NO5S/c1-3-5-7-9-11-13-15-17-19-21-23-25-27-29-31-33-35-37-39-41-45(48)44(43-53(50,51)52)47-46(49)42-40-38-36-34-32-30-28-26-24-22-20-18-16-14-12-10-8-6-4-2/h31,33,39,41,44-45,48H,3-30,32,34-38,40,42-43H2,1-2H3,(H,47,49)(H,50,51,52)/b33-31+,41-39+. The molecule has 314 valence electrons. The van der Waals surface area contributed by atoms with Gasteiger partial charge in [-0.15, -0.1) is 0 Å². The van der Waals surface area contributed by atoms with Gasteiger partial charge in [-0.05, 0) is 32.1 Å². The summed E-state index contributed by atoms with van der Waals surface area (Å²) in [4.78, 5) is 12.5. The van der Waals surface area contributed by atoms with Crippen LogP contribution in [0.2, 0.25) is 0 Å². The molecule has 0 heterocycles. The Hall–Kier alpha value is -1.18. The number of allylic oxidation sites excluding steroid dienone is 3. The predicted octanol–water partition coefficient (Wildman–Crippen LogP) is 13.9. The maximum Gasteiger partial charge on any atom is 0.267 e. The minimum absolute atomic E-state index is 0.283. The molecule has 0 saturated heterocycles. The molecule has 0 aromatic heterocycles. The number of carbonyl (C=O) groups is 1. The molecule has 0 aromatic rings. The number of rotatable bonds is 42. The normalized spacial score (nSPS) is 13.4. The lowest BCUT2D eigenvalue weighted by atomic mass is 10.0. The van der Waals surface area contributed by atoms with E-state index < -0.39 is 28.0 Å². The highest BCUT2D eigenvalue weighted by atomic mass is 32.2. The van der Waals surface area contributed by atoms with Gasteiger partial charge in [0.15, 0.2) is 0 Å². The lowest BCUT2D eigenvalue weighted by Crippen LogP contribution is -2.46. The second-order valence-electron chi connectivity index (χ2n) is 16.0. The van der Waals surface area contributed by atoms with Gasteiger partial charge in [0.1, 0.15) is 0 Å². The van der Waals surface area contributed by atoms with Gasteiger partial charge < -0.3 is 10.4 Å². The highest BCUT2D eigenvalue weighted by Gasteiger charge is 2.24. The van der Waals surface area contributed by atoms with Crippen LogP contribution in [0.3, 0.4) is 0 Å². The van der Waals surface area contributed by atoms with E-state index in [1.807, 2.05) is 6.08 Å². The van der Waals surface area contributed by atoms with Crippen molar-refractivity contribution in [3.05, 3.63) is 24.3 Å². The van der Waals surface area contributed by atoms with Crippen molar-refractivity contribution in [2.45, 2.75) is 257 Å². The summed E-state index contributed by atoms with van der Waals surface area (Å²) < 4.78 is 32.6. The summed E-state index contributed by atoms with van der Waals surface area (Å²) in [5, 5.41) is 13.3. The van der Waals surface area contributed by atoms with Crippen LogP contribution in [0.15, 0.2) is 24.3 Å². The molecular weight excluding hydrogens is 679 g/mol. The van der Waals surface area contributed by atoms with E-state index in [0.29, 0.717) is 6.42 Å². The number of carbonyl (C=O) groups excluding carboxylic acids is 1. The first kappa shape index (κ1) is 51.8. The molecule has 3 N–H and O–H groups in total. The fourth-order valence-corrected chi connectivity index (χ4v) is 7.91. The molecule has 53 heavy (non-hydrogen) atoms. The van der Waals surface area contributed by atoms with Crippen molar-refractivity contribution in [2.75, 3.05) is 5.75 Å². The van der Waals surface area contributed by atoms with E-state index >= 15 is 0 Å². The molecule has 0 radical (unpaired) electrons. The van der Waals surface area contributed by atoms with Crippen LogP contribution in [0.5, 0.6) is 0 Å². The zero-order valence-electron chi connectivity index (χ0n) is 35.2. The summed E-state index contributed by atoms with van der Waals surface area (Å²) in [5.41, 5.74) is 0. The number of aliphatic hydroxyl groups is 1. The summed E-state index contributed by atoms with van der Waals surface area (Å²) in [6.45, 7) is 4.55. The SMILES string of the molecule is CCCCCCCCCCCCCCC/C=C/CC/C=C/C(O)C(CS(=O)(=O)O)NC(=O)CCCCCCCCCCCCCCCCCCCCC. The number of hydrogen-bond acceptors (Lipinski definition) is 4. The van der Waals surface area contributed by atoms with Gasteiger partial charge in [-0.25, -0.2) is 0 Å². The third-order valence-electron chi connectivity index (χ3n) is 10.6. The zero-order chi connectivity index (χ0) is 38.9. The van der Waals surface area contributed by atoms with Gasteiger partial charge in [-0.1, -0.05) is 231 Å². The van der Waals surface area contributed by atoms with Crippen molar-refractivity contribution in [1.82, 2.24) is 5.32 Å². The van der Waals surface area contributed by atoms with Gasteiger partial charge in [0, 0.05) is 6.42 Å². The molecule has 0 bridgehead atoms. The Bertz CT molecular complexity index is 934. The number of unbranched alkanes of at least 4 members (excludes halogenated alkanes) is 32. The fourth-order valence-electron chi connectivity index (χ4n) is 7.17. The minimum Gasteiger partial charge on any atom is -0.387 e. The molecule has 7 heteroatoms. The zero-order valence-corrected chi connectivity index (χ0v) is 36.0. The Morgan fingerprint density at radius 3 is 1.19 bits per heavy atom. The van der Waals surface area contributed by atoms with E-state index in [9.17, 15) is 22.9 Å². The largest absolute Gasteiger partial charge is 0.387 e. The number of hydrogen-bond donors (Lipinski definition) is 3. The number of aliphatic hydroxyl groups excluding tert-OH is 1. The second kappa shape index (κ2) is 40.5. The Morgan fingerprint density at radius 2 is 0.811 bits per heavy atom. The summed E-state index contributed by atoms with van der Waals surface area (Å²) in [7, 11) is -4.35. The van der Waals surface area contributed by atoms with Gasteiger partial charge in [0.05, 0.1) is 17.9 Å². The monoisotopic (exact) mass is 768 g/mol. The molecule has 0 aliphatic carbocycles. The molecule has 1 amide bonds. The molecule has 0 fully saturated rings. The van der Waals surface area contributed by atoms with Crippen LogP contribution in [0.1, 0.15) is 245 Å². The molecule has 0 aliphatic rings.